The van der Waals surface area contributed by atoms with Gasteiger partial charge in [0, 0.05) is 21.5 Å². The van der Waals surface area contributed by atoms with Crippen LogP contribution >= 0.6 is 27.7 Å². The summed E-state index contributed by atoms with van der Waals surface area (Å²) >= 11 is 4.63. The van der Waals surface area contributed by atoms with Gasteiger partial charge in [0.2, 0.25) is 0 Å². The molecule has 1 N–H and O–H groups in total. The summed E-state index contributed by atoms with van der Waals surface area (Å²) in [6.07, 6.45) is 0.425. The normalized spacial score (nSPS) is 10.0. The lowest BCUT2D eigenvalue weighted by molar-refractivity contribution is 0.102. The first-order chi connectivity index (χ1) is 10.6. The number of rotatable bonds is 5. The van der Waals surface area contributed by atoms with Gasteiger partial charge in [0.25, 0.3) is 5.91 Å². The molecule has 0 atom stereocenters. The van der Waals surface area contributed by atoms with E-state index in [-0.39, 0.29) is 5.56 Å². The minimum Gasteiger partial charge on any atom is -0.321 e. The summed E-state index contributed by atoms with van der Waals surface area (Å²) in [5, 5.41) is 11.3. The summed E-state index contributed by atoms with van der Waals surface area (Å²) in [7, 11) is 0. The zero-order valence-corrected chi connectivity index (χ0v) is 13.9. The minimum absolute atomic E-state index is 0.0139. The van der Waals surface area contributed by atoms with Crippen LogP contribution < -0.4 is 5.32 Å². The van der Waals surface area contributed by atoms with Crippen molar-refractivity contribution in [3.05, 3.63) is 58.3 Å². The monoisotopic (exact) mass is 378 g/mol. The maximum atomic E-state index is 13.8. The van der Waals surface area contributed by atoms with E-state index in [1.54, 1.807) is 18.2 Å². The molecule has 0 fully saturated rings. The Bertz CT molecular complexity index is 730. The Morgan fingerprint density at radius 2 is 2.09 bits per heavy atom. The van der Waals surface area contributed by atoms with Gasteiger partial charge in [-0.1, -0.05) is 28.1 Å². The summed E-state index contributed by atoms with van der Waals surface area (Å²) < 4.78 is 14.4. The number of hydrogen-bond acceptors (Lipinski definition) is 3. The summed E-state index contributed by atoms with van der Waals surface area (Å²) in [6.45, 7) is 0. The standard InChI is InChI=1S/C16H12BrFN2OS/c17-11-6-7-12(13(18)10-11)16(21)20-14-4-1-2-5-15(14)22-9-3-8-19/h1-2,4-7,10H,3,9H2,(H,20,21). The SMILES string of the molecule is N#CCCSc1ccccc1NC(=O)c1ccc(Br)cc1F. The Balaban J connectivity index is 2.16. The zero-order chi connectivity index (χ0) is 15.9. The number of carbonyl (C=O) groups excluding carboxylic acids is 1. The molecule has 0 aliphatic carbocycles. The molecule has 22 heavy (non-hydrogen) atoms. The Labute approximate surface area is 140 Å². The first-order valence-corrected chi connectivity index (χ1v) is 8.25. The summed E-state index contributed by atoms with van der Waals surface area (Å²) in [5.74, 6) is -0.449. The average Bonchev–Trinajstić information content (AvgIpc) is 2.49. The van der Waals surface area contributed by atoms with Crippen molar-refractivity contribution in [3.8, 4) is 6.07 Å². The number of nitriles is 1. The molecule has 0 aliphatic heterocycles. The second-order valence-electron chi connectivity index (χ2n) is 4.33. The number of hydrogen-bond donors (Lipinski definition) is 1. The van der Waals surface area contributed by atoms with Gasteiger partial charge in [0.1, 0.15) is 5.82 Å². The maximum Gasteiger partial charge on any atom is 0.258 e. The first kappa shape index (κ1) is 16.5. The van der Waals surface area contributed by atoms with Crippen LogP contribution in [0.15, 0.2) is 51.8 Å². The van der Waals surface area contributed by atoms with E-state index in [2.05, 4.69) is 27.3 Å². The zero-order valence-electron chi connectivity index (χ0n) is 11.5. The number of thioether (sulfide) groups is 1. The molecule has 0 spiro atoms. The van der Waals surface area contributed by atoms with Crippen molar-refractivity contribution in [1.82, 2.24) is 0 Å². The van der Waals surface area contributed by atoms with E-state index in [0.29, 0.717) is 22.3 Å². The highest BCUT2D eigenvalue weighted by atomic mass is 79.9. The quantitative estimate of drug-likeness (QED) is 0.597. The molecule has 0 heterocycles. The fourth-order valence-electron chi connectivity index (χ4n) is 1.77. The maximum absolute atomic E-state index is 13.8. The number of para-hydroxylation sites is 1. The van der Waals surface area contributed by atoms with Crippen molar-refractivity contribution >= 4 is 39.3 Å². The molecule has 0 aromatic heterocycles. The summed E-state index contributed by atoms with van der Waals surface area (Å²) in [5.41, 5.74) is 0.595. The number of nitrogens with zero attached hydrogens (tertiary/aromatic N) is 1. The number of nitrogens with one attached hydrogen (secondary N) is 1. The van der Waals surface area contributed by atoms with E-state index >= 15 is 0 Å². The Hall–Kier alpha value is -1.84. The van der Waals surface area contributed by atoms with Crippen molar-refractivity contribution in [1.29, 1.82) is 5.26 Å². The average molecular weight is 379 g/mol. The van der Waals surface area contributed by atoms with E-state index in [9.17, 15) is 9.18 Å². The fourth-order valence-corrected chi connectivity index (χ4v) is 2.96. The molecule has 3 nitrogen and oxygen atoms in total. The van der Waals surface area contributed by atoms with Crippen molar-refractivity contribution in [3.63, 3.8) is 0 Å². The van der Waals surface area contributed by atoms with E-state index < -0.39 is 11.7 Å². The molecule has 1 amide bonds. The molecule has 2 aromatic carbocycles. The molecule has 0 aliphatic rings. The van der Waals surface area contributed by atoms with Crippen molar-refractivity contribution in [2.24, 2.45) is 0 Å². The van der Waals surface area contributed by atoms with Crippen molar-refractivity contribution < 1.29 is 9.18 Å². The van der Waals surface area contributed by atoms with E-state index in [1.807, 2.05) is 12.1 Å². The van der Waals surface area contributed by atoms with Crippen LogP contribution in [0, 0.1) is 17.1 Å². The summed E-state index contributed by atoms with van der Waals surface area (Å²) in [4.78, 5) is 13.1. The molecule has 112 valence electrons. The molecular weight excluding hydrogens is 367 g/mol. The smallest absolute Gasteiger partial charge is 0.258 e. The molecule has 6 heteroatoms. The Morgan fingerprint density at radius 1 is 1.32 bits per heavy atom. The molecular formula is C16H12BrFN2OS. The van der Waals surface area contributed by atoms with Gasteiger partial charge in [-0.15, -0.1) is 11.8 Å². The number of halogens is 2. The van der Waals surface area contributed by atoms with E-state index in [1.165, 1.54) is 23.9 Å². The van der Waals surface area contributed by atoms with Gasteiger partial charge in [-0.25, -0.2) is 4.39 Å². The fraction of sp³-hybridized carbons (Fsp3) is 0.125. The molecule has 0 radical (unpaired) electrons. The van der Waals surface area contributed by atoms with Gasteiger partial charge in [0.05, 0.1) is 17.3 Å². The second-order valence-corrected chi connectivity index (χ2v) is 6.38. The van der Waals surface area contributed by atoms with Crippen LogP contribution in [0.1, 0.15) is 16.8 Å². The van der Waals surface area contributed by atoms with Crippen LogP contribution in [0.2, 0.25) is 0 Å². The van der Waals surface area contributed by atoms with Crippen molar-refractivity contribution in [2.75, 3.05) is 11.1 Å². The molecule has 0 saturated carbocycles. The summed E-state index contributed by atoms with van der Waals surface area (Å²) in [6, 6.07) is 13.6. The molecule has 0 bridgehead atoms. The van der Waals surface area contributed by atoms with E-state index in [0.717, 1.165) is 4.90 Å². The predicted octanol–water partition coefficient (Wildman–Crippen LogP) is 4.85. The van der Waals surface area contributed by atoms with Crippen molar-refractivity contribution in [2.45, 2.75) is 11.3 Å². The number of benzene rings is 2. The molecule has 2 aromatic rings. The van der Waals surface area contributed by atoms with Crippen LogP contribution in [0.4, 0.5) is 10.1 Å². The van der Waals surface area contributed by atoms with Gasteiger partial charge in [-0.3, -0.25) is 4.79 Å². The highest BCUT2D eigenvalue weighted by Crippen LogP contribution is 2.28. The Kier molecular flexibility index (Phi) is 5.99. The largest absolute Gasteiger partial charge is 0.321 e. The van der Waals surface area contributed by atoms with Gasteiger partial charge < -0.3 is 5.32 Å². The van der Waals surface area contributed by atoms with Gasteiger partial charge in [-0.2, -0.15) is 5.26 Å². The van der Waals surface area contributed by atoms with Crippen LogP contribution in [0.5, 0.6) is 0 Å². The second kappa shape index (κ2) is 7.97. The molecule has 2 rings (SSSR count). The van der Waals surface area contributed by atoms with Gasteiger partial charge >= 0.3 is 0 Å². The van der Waals surface area contributed by atoms with E-state index in [4.69, 9.17) is 5.26 Å². The van der Waals surface area contributed by atoms with Crippen LogP contribution in [0.3, 0.4) is 0 Å². The first-order valence-electron chi connectivity index (χ1n) is 6.47. The molecule has 0 unspecified atom stereocenters. The number of amides is 1. The molecule has 0 saturated heterocycles. The van der Waals surface area contributed by atoms with Gasteiger partial charge in [0.15, 0.2) is 0 Å². The third kappa shape index (κ3) is 4.33. The third-order valence-electron chi connectivity index (χ3n) is 2.78. The van der Waals surface area contributed by atoms with Gasteiger partial charge in [-0.05, 0) is 30.3 Å². The predicted molar refractivity (Wildman–Crippen MR) is 89.4 cm³/mol. The lowest BCUT2D eigenvalue weighted by Crippen LogP contribution is -2.14. The lowest BCUT2D eigenvalue weighted by atomic mass is 10.2. The van der Waals surface area contributed by atoms with Crippen LogP contribution in [-0.4, -0.2) is 11.7 Å². The highest BCUT2D eigenvalue weighted by Gasteiger charge is 2.13. The third-order valence-corrected chi connectivity index (χ3v) is 4.35. The minimum atomic E-state index is -0.582. The topological polar surface area (TPSA) is 52.9 Å². The Morgan fingerprint density at radius 3 is 2.82 bits per heavy atom. The highest BCUT2D eigenvalue weighted by molar-refractivity contribution is 9.10. The van der Waals surface area contributed by atoms with Crippen LogP contribution in [-0.2, 0) is 0 Å². The number of anilines is 1. The number of carbonyl (C=O) groups is 1. The van der Waals surface area contributed by atoms with Crippen LogP contribution in [0.25, 0.3) is 0 Å². The lowest BCUT2D eigenvalue weighted by Gasteiger charge is -2.10.